The zero-order valence-electron chi connectivity index (χ0n) is 11.4. The molecular formula is C16H17O2P. The van der Waals surface area contributed by atoms with E-state index in [4.69, 9.17) is 0 Å². The second kappa shape index (κ2) is 7.60. The molecule has 0 N–H and O–H groups in total. The molecule has 3 heteroatoms. The first kappa shape index (κ1) is 15.3. The average Bonchev–Trinajstić information content (AvgIpc) is 2.37. The van der Waals surface area contributed by atoms with Crippen LogP contribution >= 0.6 is 8.46 Å². The molecule has 2 nitrogen and oxygen atoms in total. The van der Waals surface area contributed by atoms with E-state index in [9.17, 15) is 9.36 Å². The summed E-state index contributed by atoms with van der Waals surface area (Å²) >= 11 is 0. The van der Waals surface area contributed by atoms with Gasteiger partial charge in [-0.2, -0.15) is 0 Å². The number of hydrogen-bond donors (Lipinski definition) is 0. The molecule has 0 spiro atoms. The Bertz CT molecular complexity index is 499. The van der Waals surface area contributed by atoms with Gasteiger partial charge < -0.3 is 0 Å². The Morgan fingerprint density at radius 3 is 1.74 bits per heavy atom. The van der Waals surface area contributed by atoms with E-state index in [1.807, 2.05) is 0 Å². The first-order valence-electron chi connectivity index (χ1n) is 5.99. The third kappa shape index (κ3) is 5.15. The Morgan fingerprint density at radius 1 is 0.895 bits per heavy atom. The smallest absolute Gasteiger partial charge is 0.193 e. The van der Waals surface area contributed by atoms with Gasteiger partial charge in [-0.15, -0.1) is 0 Å². The molecule has 2 aromatic carbocycles. The summed E-state index contributed by atoms with van der Waals surface area (Å²) in [7, 11) is -0.103. The van der Waals surface area contributed by atoms with Crippen molar-refractivity contribution in [3.05, 3.63) is 64.7 Å². The van der Waals surface area contributed by atoms with Gasteiger partial charge >= 0.3 is 0 Å². The van der Waals surface area contributed by atoms with Crippen molar-refractivity contribution in [1.29, 1.82) is 0 Å². The second-order valence-electron chi connectivity index (χ2n) is 4.43. The lowest BCUT2D eigenvalue weighted by atomic mass is 10.1. The van der Waals surface area contributed by atoms with Crippen molar-refractivity contribution in [2.75, 3.05) is 0 Å². The lowest BCUT2D eigenvalue weighted by Gasteiger charge is -1.96. The van der Waals surface area contributed by atoms with Crippen LogP contribution in [0.2, 0.25) is 0 Å². The molecule has 0 aliphatic rings. The van der Waals surface area contributed by atoms with Crippen LogP contribution in [0.1, 0.15) is 27.0 Å². The lowest BCUT2D eigenvalue weighted by Crippen LogP contribution is -1.98. The maximum absolute atomic E-state index is 10.3. The fraction of sp³-hybridized carbons (Fsp3) is 0.188. The number of aryl methyl sites for hydroxylation is 3. The SMILES string of the molecule is Cc1cc(C)cc(C)c1.O=Cc1ccccc1P=O. The number of carbonyl (C=O) groups excluding carboxylic acids is 1. The molecule has 0 atom stereocenters. The van der Waals surface area contributed by atoms with Crippen LogP contribution in [0, 0.1) is 20.8 Å². The summed E-state index contributed by atoms with van der Waals surface area (Å²) < 4.78 is 10.3. The predicted octanol–water partition coefficient (Wildman–Crippen LogP) is 4.03. The second-order valence-corrected chi connectivity index (χ2v) is 5.10. The van der Waals surface area contributed by atoms with Gasteiger partial charge in [0.15, 0.2) is 14.7 Å². The van der Waals surface area contributed by atoms with E-state index in [-0.39, 0.29) is 8.46 Å². The number of hydrogen-bond acceptors (Lipinski definition) is 2. The maximum Gasteiger partial charge on any atom is 0.193 e. The summed E-state index contributed by atoms with van der Waals surface area (Å²) in [5, 5.41) is 0.539. The Labute approximate surface area is 115 Å². The molecule has 2 rings (SSSR count). The number of carbonyl (C=O) groups is 1. The average molecular weight is 272 g/mol. The van der Waals surface area contributed by atoms with Crippen molar-refractivity contribution < 1.29 is 9.36 Å². The van der Waals surface area contributed by atoms with Crippen molar-refractivity contribution >= 4 is 20.1 Å². The lowest BCUT2D eigenvalue weighted by molar-refractivity contribution is 0.112. The Morgan fingerprint density at radius 2 is 1.37 bits per heavy atom. The molecule has 0 saturated heterocycles. The summed E-state index contributed by atoms with van der Waals surface area (Å²) in [6, 6.07) is 13.3. The summed E-state index contributed by atoms with van der Waals surface area (Å²) in [5.74, 6) is 0. The van der Waals surface area contributed by atoms with Crippen LogP contribution in [0.3, 0.4) is 0 Å². The fourth-order valence-electron chi connectivity index (χ4n) is 1.87. The van der Waals surface area contributed by atoms with Crippen LogP contribution in [-0.2, 0) is 4.57 Å². The van der Waals surface area contributed by atoms with Crippen molar-refractivity contribution in [3.63, 3.8) is 0 Å². The zero-order chi connectivity index (χ0) is 14.3. The Balaban J connectivity index is 0.000000191. The zero-order valence-corrected chi connectivity index (χ0v) is 12.3. The third-order valence-electron chi connectivity index (χ3n) is 2.53. The minimum atomic E-state index is -0.103. The highest BCUT2D eigenvalue weighted by molar-refractivity contribution is 7.34. The highest BCUT2D eigenvalue weighted by atomic mass is 31.1. The summed E-state index contributed by atoms with van der Waals surface area (Å²) in [5.41, 5.74) is 4.55. The molecule has 0 aliphatic heterocycles. The molecule has 0 fully saturated rings. The highest BCUT2D eigenvalue weighted by Gasteiger charge is 1.96. The number of benzene rings is 2. The summed E-state index contributed by atoms with van der Waals surface area (Å²) in [6.07, 6.45) is 0.695. The molecule has 0 heterocycles. The topological polar surface area (TPSA) is 34.1 Å². The largest absolute Gasteiger partial charge is 0.298 e. The van der Waals surface area contributed by atoms with E-state index in [0.29, 0.717) is 17.2 Å². The molecule has 0 aromatic heterocycles. The van der Waals surface area contributed by atoms with E-state index >= 15 is 0 Å². The van der Waals surface area contributed by atoms with Crippen molar-refractivity contribution in [1.82, 2.24) is 0 Å². The van der Waals surface area contributed by atoms with Crippen LogP contribution in [0.15, 0.2) is 42.5 Å². The molecule has 2 aromatic rings. The van der Waals surface area contributed by atoms with Crippen molar-refractivity contribution in [2.45, 2.75) is 20.8 Å². The van der Waals surface area contributed by atoms with Gasteiger partial charge in [-0.3, -0.25) is 9.36 Å². The first-order valence-corrected chi connectivity index (χ1v) is 6.80. The minimum absolute atomic E-state index is 0.103. The van der Waals surface area contributed by atoms with Crippen LogP contribution in [0.25, 0.3) is 0 Å². The van der Waals surface area contributed by atoms with Crippen LogP contribution < -0.4 is 5.30 Å². The van der Waals surface area contributed by atoms with Gasteiger partial charge in [-0.05, 0) is 26.8 Å². The van der Waals surface area contributed by atoms with E-state index in [2.05, 4.69) is 39.0 Å². The summed E-state index contributed by atoms with van der Waals surface area (Å²) in [6.45, 7) is 6.38. The molecule has 0 saturated carbocycles. The van der Waals surface area contributed by atoms with Gasteiger partial charge in [0, 0.05) is 5.56 Å². The maximum atomic E-state index is 10.3. The number of aldehydes is 1. The van der Waals surface area contributed by atoms with E-state index in [0.717, 1.165) is 0 Å². The molecule has 98 valence electrons. The molecule has 0 aliphatic carbocycles. The number of rotatable bonds is 2. The van der Waals surface area contributed by atoms with Gasteiger partial charge in [0.1, 0.15) is 0 Å². The van der Waals surface area contributed by atoms with Crippen molar-refractivity contribution in [3.8, 4) is 0 Å². The minimum Gasteiger partial charge on any atom is -0.298 e. The normalized spacial score (nSPS) is 9.63. The molecular weight excluding hydrogens is 255 g/mol. The van der Waals surface area contributed by atoms with Crippen LogP contribution in [-0.4, -0.2) is 6.29 Å². The third-order valence-corrected chi connectivity index (χ3v) is 3.13. The van der Waals surface area contributed by atoms with Gasteiger partial charge in [0.25, 0.3) is 0 Å². The van der Waals surface area contributed by atoms with Gasteiger partial charge in [-0.25, -0.2) is 0 Å². The molecule has 0 unspecified atom stereocenters. The molecule has 0 amide bonds. The quantitative estimate of drug-likeness (QED) is 0.611. The molecule has 0 bridgehead atoms. The Hall–Kier alpha value is -1.79. The van der Waals surface area contributed by atoms with E-state index in [1.54, 1.807) is 24.3 Å². The van der Waals surface area contributed by atoms with E-state index in [1.165, 1.54) is 16.7 Å². The highest BCUT2D eigenvalue weighted by Crippen LogP contribution is 2.06. The Kier molecular flexibility index (Phi) is 6.11. The fourth-order valence-corrected chi connectivity index (χ4v) is 2.25. The first-order chi connectivity index (χ1) is 9.06. The summed E-state index contributed by atoms with van der Waals surface area (Å²) in [4.78, 5) is 10.2. The van der Waals surface area contributed by atoms with Crippen molar-refractivity contribution in [2.24, 2.45) is 0 Å². The monoisotopic (exact) mass is 272 g/mol. The predicted molar refractivity (Wildman–Crippen MR) is 79.7 cm³/mol. The van der Waals surface area contributed by atoms with Crippen LogP contribution in [0.5, 0.6) is 0 Å². The van der Waals surface area contributed by atoms with Crippen LogP contribution in [0.4, 0.5) is 0 Å². The molecule has 19 heavy (non-hydrogen) atoms. The standard InChI is InChI=1S/C9H12.C7H5O2P/c1-7-4-8(2)6-9(3)5-7;8-5-6-3-1-2-4-7(6)10-9/h4-6H,1-3H3;1-5H. The van der Waals surface area contributed by atoms with Gasteiger partial charge in [-0.1, -0.05) is 53.1 Å². The molecule has 0 radical (unpaired) electrons. The van der Waals surface area contributed by atoms with Gasteiger partial charge in [0.05, 0.1) is 5.30 Å². The van der Waals surface area contributed by atoms with Gasteiger partial charge in [0.2, 0.25) is 0 Å². The van der Waals surface area contributed by atoms with E-state index < -0.39 is 0 Å².